The second-order valence-corrected chi connectivity index (χ2v) is 17.4. The molecule has 57 heavy (non-hydrogen) atoms. The van der Waals surface area contributed by atoms with Gasteiger partial charge in [0.2, 0.25) is 5.91 Å². The fourth-order valence-corrected chi connectivity index (χ4v) is 7.75. The molecule has 0 aliphatic carbocycles. The Bertz CT molecular complexity index is 885. The molecule has 4 N–H and O–H groups in total. The van der Waals surface area contributed by atoms with E-state index in [0.29, 0.717) is 6.42 Å². The van der Waals surface area contributed by atoms with Gasteiger partial charge in [0, 0.05) is 0 Å². The molecule has 0 radical (unpaired) electrons. The van der Waals surface area contributed by atoms with Crippen LogP contribution in [0.2, 0.25) is 0 Å². The fourth-order valence-electron chi connectivity index (χ4n) is 7.75. The molecule has 0 bridgehead atoms. The maximum absolute atomic E-state index is 12.5. The van der Waals surface area contributed by atoms with E-state index >= 15 is 0 Å². The molecule has 0 saturated heterocycles. The predicted molar refractivity (Wildman–Crippen MR) is 250 cm³/mol. The molecule has 3 atom stereocenters. The Morgan fingerprint density at radius 2 is 0.719 bits per heavy atom. The quantitative estimate of drug-likeness (QED) is 0.0365. The molecule has 336 valence electrons. The van der Waals surface area contributed by atoms with E-state index in [-0.39, 0.29) is 6.61 Å². The van der Waals surface area contributed by atoms with Crippen LogP contribution in [0, 0.1) is 0 Å². The Balaban J connectivity index is 3.64. The van der Waals surface area contributed by atoms with Gasteiger partial charge in [-0.1, -0.05) is 256 Å². The zero-order valence-corrected chi connectivity index (χ0v) is 38.2. The highest BCUT2D eigenvalue weighted by atomic mass is 16.3. The van der Waals surface area contributed by atoms with Gasteiger partial charge in [-0.2, -0.15) is 0 Å². The number of hydrogen-bond donors (Lipinski definition) is 4. The molecular weight excluding hydrogens is 703 g/mol. The van der Waals surface area contributed by atoms with Crippen LogP contribution in [0.4, 0.5) is 0 Å². The van der Waals surface area contributed by atoms with Crippen molar-refractivity contribution in [1.29, 1.82) is 0 Å². The van der Waals surface area contributed by atoms with Gasteiger partial charge in [-0.3, -0.25) is 4.79 Å². The number of unbranched alkanes of at least 4 members (excludes halogenated alkanes) is 34. The molecule has 0 fully saturated rings. The molecule has 0 aromatic heterocycles. The van der Waals surface area contributed by atoms with Crippen molar-refractivity contribution in [2.45, 2.75) is 283 Å². The standard InChI is InChI=1S/C52H99NO4/c1-3-5-7-9-11-13-15-17-19-21-23-24-25-26-27-29-31-33-35-37-39-41-43-45-47-51(56)52(57)53-49(48-54)50(55)46-44-42-40-38-36-34-32-30-28-22-20-18-16-14-12-10-8-6-4-2/h28,30,36,38,44,46,49-51,54-56H,3-27,29,31-35,37,39-43,45,47-48H2,1-2H3,(H,53,57)/b30-28+,38-36+,46-44+. The van der Waals surface area contributed by atoms with Gasteiger partial charge < -0.3 is 20.6 Å². The molecule has 0 heterocycles. The van der Waals surface area contributed by atoms with Gasteiger partial charge in [-0.15, -0.1) is 0 Å². The number of carbonyl (C=O) groups excluding carboxylic acids is 1. The van der Waals surface area contributed by atoms with Crippen molar-refractivity contribution in [3.8, 4) is 0 Å². The van der Waals surface area contributed by atoms with Gasteiger partial charge in [0.15, 0.2) is 0 Å². The first-order chi connectivity index (χ1) is 28.1. The average molecular weight is 802 g/mol. The van der Waals surface area contributed by atoms with Crippen LogP contribution in [-0.4, -0.2) is 46.1 Å². The number of hydrogen-bond acceptors (Lipinski definition) is 4. The van der Waals surface area contributed by atoms with Gasteiger partial charge in [-0.25, -0.2) is 0 Å². The molecule has 0 aromatic rings. The number of carbonyl (C=O) groups is 1. The third kappa shape index (κ3) is 42.5. The minimum absolute atomic E-state index is 0.379. The minimum Gasteiger partial charge on any atom is -0.394 e. The summed E-state index contributed by atoms with van der Waals surface area (Å²) in [7, 11) is 0. The van der Waals surface area contributed by atoms with Crippen LogP contribution in [0.3, 0.4) is 0 Å². The molecule has 0 aliphatic heterocycles. The van der Waals surface area contributed by atoms with Crippen LogP contribution < -0.4 is 5.32 Å². The van der Waals surface area contributed by atoms with Crippen molar-refractivity contribution in [3.05, 3.63) is 36.5 Å². The summed E-state index contributed by atoms with van der Waals surface area (Å²) >= 11 is 0. The normalized spacial score (nSPS) is 13.7. The Hall–Kier alpha value is -1.43. The highest BCUT2D eigenvalue weighted by Gasteiger charge is 2.22. The molecule has 0 spiro atoms. The van der Waals surface area contributed by atoms with Crippen molar-refractivity contribution in [2.24, 2.45) is 0 Å². The highest BCUT2D eigenvalue weighted by molar-refractivity contribution is 5.80. The second-order valence-electron chi connectivity index (χ2n) is 17.4. The van der Waals surface area contributed by atoms with Gasteiger partial charge in [-0.05, 0) is 44.9 Å². The fraction of sp³-hybridized carbons (Fsp3) is 0.865. The van der Waals surface area contributed by atoms with Gasteiger partial charge in [0.1, 0.15) is 6.10 Å². The molecule has 0 aromatic carbocycles. The first-order valence-electron chi connectivity index (χ1n) is 25.3. The lowest BCUT2D eigenvalue weighted by Crippen LogP contribution is -2.48. The number of amides is 1. The van der Waals surface area contributed by atoms with Crippen molar-refractivity contribution < 1.29 is 20.1 Å². The maximum Gasteiger partial charge on any atom is 0.249 e. The van der Waals surface area contributed by atoms with E-state index in [2.05, 4.69) is 43.5 Å². The van der Waals surface area contributed by atoms with Crippen molar-refractivity contribution in [3.63, 3.8) is 0 Å². The van der Waals surface area contributed by atoms with E-state index in [1.54, 1.807) is 6.08 Å². The summed E-state index contributed by atoms with van der Waals surface area (Å²) in [4.78, 5) is 12.5. The first kappa shape index (κ1) is 55.6. The number of allylic oxidation sites excluding steroid dienone is 5. The third-order valence-corrected chi connectivity index (χ3v) is 11.7. The Labute approximate surface area is 355 Å². The minimum atomic E-state index is -1.11. The SMILES string of the molecule is CCCCCCCCCCC/C=C/CC/C=C/CC/C=C/C(O)C(CO)NC(=O)C(O)CCCCCCCCCCCCCCCCCCCCCCCCCC. The lowest BCUT2D eigenvalue weighted by molar-refractivity contribution is -0.131. The summed E-state index contributed by atoms with van der Waals surface area (Å²) < 4.78 is 0. The largest absolute Gasteiger partial charge is 0.394 e. The van der Waals surface area contributed by atoms with Crippen LogP contribution in [-0.2, 0) is 4.79 Å². The van der Waals surface area contributed by atoms with Crippen LogP contribution in [0.1, 0.15) is 264 Å². The summed E-state index contributed by atoms with van der Waals surface area (Å²) in [6, 6.07) is -0.819. The molecule has 0 aliphatic rings. The van der Waals surface area contributed by atoms with E-state index in [1.165, 1.54) is 199 Å². The van der Waals surface area contributed by atoms with Gasteiger partial charge >= 0.3 is 0 Å². The molecule has 1 amide bonds. The van der Waals surface area contributed by atoms with Crippen molar-refractivity contribution >= 4 is 5.91 Å². The number of aliphatic hydroxyl groups excluding tert-OH is 3. The summed E-state index contributed by atoms with van der Waals surface area (Å²) in [5.41, 5.74) is 0. The average Bonchev–Trinajstić information content (AvgIpc) is 3.22. The highest BCUT2D eigenvalue weighted by Crippen LogP contribution is 2.17. The number of aliphatic hydroxyl groups is 3. The Morgan fingerprint density at radius 3 is 1.07 bits per heavy atom. The lowest BCUT2D eigenvalue weighted by Gasteiger charge is -2.21. The van der Waals surface area contributed by atoms with Crippen molar-refractivity contribution in [1.82, 2.24) is 5.32 Å². The van der Waals surface area contributed by atoms with E-state index in [0.717, 1.165) is 44.9 Å². The first-order valence-corrected chi connectivity index (χ1v) is 25.3. The smallest absolute Gasteiger partial charge is 0.249 e. The van der Waals surface area contributed by atoms with E-state index in [4.69, 9.17) is 0 Å². The zero-order chi connectivity index (χ0) is 41.5. The predicted octanol–water partition coefficient (Wildman–Crippen LogP) is 15.1. The lowest BCUT2D eigenvalue weighted by atomic mass is 10.0. The van der Waals surface area contributed by atoms with E-state index in [1.807, 2.05) is 6.08 Å². The van der Waals surface area contributed by atoms with Crippen LogP contribution >= 0.6 is 0 Å². The number of nitrogens with one attached hydrogen (secondary N) is 1. The summed E-state index contributed by atoms with van der Waals surface area (Å²) in [5, 5.41) is 33.2. The van der Waals surface area contributed by atoms with E-state index < -0.39 is 24.2 Å². The molecular formula is C52H99NO4. The Kier molecular flexibility index (Phi) is 46.1. The van der Waals surface area contributed by atoms with E-state index in [9.17, 15) is 20.1 Å². The third-order valence-electron chi connectivity index (χ3n) is 11.7. The van der Waals surface area contributed by atoms with Crippen LogP contribution in [0.5, 0.6) is 0 Å². The summed E-state index contributed by atoms with van der Waals surface area (Å²) in [6.07, 6.45) is 60.6. The Morgan fingerprint density at radius 1 is 0.421 bits per heavy atom. The van der Waals surface area contributed by atoms with Crippen molar-refractivity contribution in [2.75, 3.05) is 6.61 Å². The zero-order valence-electron chi connectivity index (χ0n) is 38.2. The summed E-state index contributed by atoms with van der Waals surface area (Å²) in [6.45, 7) is 4.19. The maximum atomic E-state index is 12.5. The molecule has 5 nitrogen and oxygen atoms in total. The summed E-state index contributed by atoms with van der Waals surface area (Å²) in [5.74, 6) is -0.513. The molecule has 0 saturated carbocycles. The molecule has 5 heteroatoms. The topological polar surface area (TPSA) is 89.8 Å². The van der Waals surface area contributed by atoms with Gasteiger partial charge in [0.25, 0.3) is 0 Å². The second kappa shape index (κ2) is 47.3. The van der Waals surface area contributed by atoms with Gasteiger partial charge in [0.05, 0.1) is 18.8 Å². The van der Waals surface area contributed by atoms with Crippen LogP contribution in [0.25, 0.3) is 0 Å². The van der Waals surface area contributed by atoms with Crippen LogP contribution in [0.15, 0.2) is 36.5 Å². The number of rotatable bonds is 46. The molecule has 3 unspecified atom stereocenters. The monoisotopic (exact) mass is 802 g/mol. The molecule has 0 rings (SSSR count).